The molecule has 3 heterocycles. The predicted molar refractivity (Wildman–Crippen MR) is 77.8 cm³/mol. The molecule has 2 fully saturated rings. The number of nitrogen functional groups attached to an aromatic ring is 1. The maximum Gasteiger partial charge on any atom is 0.220 e. The van der Waals surface area contributed by atoms with Crippen molar-refractivity contribution in [3.05, 3.63) is 16.7 Å². The number of amides is 1. The van der Waals surface area contributed by atoms with Crippen molar-refractivity contribution in [3.63, 3.8) is 0 Å². The fourth-order valence-electron chi connectivity index (χ4n) is 2.98. The third-order valence-corrected chi connectivity index (χ3v) is 4.55. The Kier molecular flexibility index (Phi) is 3.35. The van der Waals surface area contributed by atoms with Crippen molar-refractivity contribution in [2.75, 3.05) is 23.7 Å². The molecule has 0 aliphatic carbocycles. The quantitative estimate of drug-likeness (QED) is 0.821. The molecule has 19 heavy (non-hydrogen) atoms. The highest BCUT2D eigenvalue weighted by molar-refractivity contribution is 9.10. The normalized spacial score (nSPS) is 26.8. The zero-order chi connectivity index (χ0) is 13.4. The highest BCUT2D eigenvalue weighted by Gasteiger charge is 2.34. The molecule has 0 saturated carbocycles. The van der Waals surface area contributed by atoms with E-state index in [1.54, 1.807) is 6.20 Å². The Morgan fingerprint density at radius 3 is 3.11 bits per heavy atom. The Morgan fingerprint density at radius 2 is 2.32 bits per heavy atom. The number of fused-ring (bicyclic) bond motifs is 1. The van der Waals surface area contributed by atoms with Crippen LogP contribution in [0.5, 0.6) is 0 Å². The van der Waals surface area contributed by atoms with Crippen LogP contribution in [0.25, 0.3) is 0 Å². The van der Waals surface area contributed by atoms with Gasteiger partial charge in [-0.25, -0.2) is 4.98 Å². The molecule has 0 spiro atoms. The summed E-state index contributed by atoms with van der Waals surface area (Å²) in [7, 11) is 0. The van der Waals surface area contributed by atoms with E-state index in [9.17, 15) is 4.79 Å². The Balaban J connectivity index is 1.76. The minimum atomic E-state index is 0.196. The largest absolute Gasteiger partial charge is 0.397 e. The second-order valence-electron chi connectivity index (χ2n) is 5.28. The second kappa shape index (κ2) is 5.00. The first-order chi connectivity index (χ1) is 9.13. The molecule has 0 bridgehead atoms. The third kappa shape index (κ3) is 2.54. The van der Waals surface area contributed by atoms with Crippen molar-refractivity contribution >= 4 is 33.3 Å². The lowest BCUT2D eigenvalue weighted by atomic mass is 9.85. The van der Waals surface area contributed by atoms with Crippen LogP contribution in [0.4, 0.5) is 11.5 Å². The first kappa shape index (κ1) is 12.7. The highest BCUT2D eigenvalue weighted by atomic mass is 79.9. The van der Waals surface area contributed by atoms with Gasteiger partial charge in [0.15, 0.2) is 0 Å². The van der Waals surface area contributed by atoms with E-state index in [-0.39, 0.29) is 5.91 Å². The van der Waals surface area contributed by atoms with Crippen molar-refractivity contribution in [3.8, 4) is 0 Å². The molecule has 2 aliphatic rings. The number of pyridine rings is 1. The van der Waals surface area contributed by atoms with Crippen LogP contribution in [-0.4, -0.2) is 30.0 Å². The van der Waals surface area contributed by atoms with Gasteiger partial charge in [-0.3, -0.25) is 4.79 Å². The Bertz CT molecular complexity index is 507. The van der Waals surface area contributed by atoms with Crippen LogP contribution in [0.1, 0.15) is 19.3 Å². The molecule has 2 aliphatic heterocycles. The first-order valence-corrected chi connectivity index (χ1v) is 7.38. The van der Waals surface area contributed by atoms with E-state index in [4.69, 9.17) is 5.73 Å². The van der Waals surface area contributed by atoms with Crippen LogP contribution in [0.2, 0.25) is 0 Å². The van der Waals surface area contributed by atoms with Crippen LogP contribution in [0, 0.1) is 5.92 Å². The smallest absolute Gasteiger partial charge is 0.220 e. The standard InChI is InChI=1S/C13H17BrN4O/c14-10-5-9(15)6-16-13(10)18-4-3-11-8(7-18)1-2-12(19)17-11/h5-6,8,11H,1-4,7,15H2,(H,17,19). The lowest BCUT2D eigenvalue weighted by Gasteiger charge is -2.42. The molecular weight excluding hydrogens is 308 g/mol. The summed E-state index contributed by atoms with van der Waals surface area (Å²) in [6, 6.07) is 2.22. The van der Waals surface area contributed by atoms with Gasteiger partial charge in [-0.1, -0.05) is 0 Å². The number of halogens is 1. The maximum atomic E-state index is 11.4. The summed E-state index contributed by atoms with van der Waals surface area (Å²) < 4.78 is 0.936. The minimum absolute atomic E-state index is 0.196. The SMILES string of the molecule is Nc1cnc(N2CCC3NC(=O)CCC3C2)c(Br)c1. The number of hydrogen-bond donors (Lipinski definition) is 2. The summed E-state index contributed by atoms with van der Waals surface area (Å²) in [5.74, 6) is 1.67. The van der Waals surface area contributed by atoms with Gasteiger partial charge in [-0.15, -0.1) is 0 Å². The molecule has 6 heteroatoms. The summed E-state index contributed by atoms with van der Waals surface area (Å²) in [4.78, 5) is 18.1. The van der Waals surface area contributed by atoms with Crippen molar-refractivity contribution < 1.29 is 4.79 Å². The van der Waals surface area contributed by atoms with Gasteiger partial charge in [-0.05, 0) is 40.8 Å². The molecule has 5 nitrogen and oxygen atoms in total. The number of carbonyl (C=O) groups excluding carboxylic acids is 1. The highest BCUT2D eigenvalue weighted by Crippen LogP contribution is 2.32. The van der Waals surface area contributed by atoms with Gasteiger partial charge >= 0.3 is 0 Å². The van der Waals surface area contributed by atoms with Crippen LogP contribution >= 0.6 is 15.9 Å². The summed E-state index contributed by atoms with van der Waals surface area (Å²) in [6.45, 7) is 1.86. The van der Waals surface area contributed by atoms with E-state index >= 15 is 0 Å². The van der Waals surface area contributed by atoms with Crippen LogP contribution < -0.4 is 16.0 Å². The molecule has 2 atom stereocenters. The average Bonchev–Trinajstić information content (AvgIpc) is 2.38. The van der Waals surface area contributed by atoms with Crippen LogP contribution in [-0.2, 0) is 4.79 Å². The number of anilines is 2. The van der Waals surface area contributed by atoms with Gasteiger partial charge in [0.05, 0.1) is 16.4 Å². The zero-order valence-electron chi connectivity index (χ0n) is 10.6. The van der Waals surface area contributed by atoms with Gasteiger partial charge < -0.3 is 16.0 Å². The Hall–Kier alpha value is -1.30. The van der Waals surface area contributed by atoms with E-state index in [1.165, 1.54) is 0 Å². The Labute approximate surface area is 120 Å². The number of hydrogen-bond acceptors (Lipinski definition) is 4. The molecule has 3 N–H and O–H groups in total. The maximum absolute atomic E-state index is 11.4. The summed E-state index contributed by atoms with van der Waals surface area (Å²) in [5.41, 5.74) is 6.38. The predicted octanol–water partition coefficient (Wildman–Crippen LogP) is 1.53. The number of rotatable bonds is 1. The molecule has 1 aromatic rings. The van der Waals surface area contributed by atoms with Crippen molar-refractivity contribution in [1.29, 1.82) is 0 Å². The summed E-state index contributed by atoms with van der Waals surface area (Å²) in [6.07, 6.45) is 4.29. The van der Waals surface area contributed by atoms with Gasteiger partial charge in [0.25, 0.3) is 0 Å². The molecule has 0 radical (unpaired) electrons. The number of piperidine rings is 2. The average molecular weight is 325 g/mol. The van der Waals surface area contributed by atoms with Gasteiger partial charge in [-0.2, -0.15) is 0 Å². The molecular formula is C13H17BrN4O. The van der Waals surface area contributed by atoms with Crippen molar-refractivity contribution in [1.82, 2.24) is 10.3 Å². The van der Waals surface area contributed by atoms with Crippen LogP contribution in [0.15, 0.2) is 16.7 Å². The first-order valence-electron chi connectivity index (χ1n) is 6.59. The molecule has 102 valence electrons. The van der Waals surface area contributed by atoms with Gasteiger partial charge in [0.1, 0.15) is 5.82 Å². The topological polar surface area (TPSA) is 71.2 Å². The van der Waals surface area contributed by atoms with E-state index in [1.807, 2.05) is 6.07 Å². The lowest BCUT2D eigenvalue weighted by Crippen LogP contribution is -2.54. The fourth-order valence-corrected chi connectivity index (χ4v) is 3.60. The third-order valence-electron chi connectivity index (χ3n) is 3.96. The Morgan fingerprint density at radius 1 is 1.47 bits per heavy atom. The number of nitrogens with zero attached hydrogens (tertiary/aromatic N) is 2. The van der Waals surface area contributed by atoms with Gasteiger partial charge in [0.2, 0.25) is 5.91 Å². The van der Waals surface area contributed by atoms with Crippen molar-refractivity contribution in [2.45, 2.75) is 25.3 Å². The number of nitrogens with two attached hydrogens (primary N) is 1. The van der Waals surface area contributed by atoms with Gasteiger partial charge in [0, 0.05) is 25.6 Å². The second-order valence-corrected chi connectivity index (χ2v) is 6.14. The minimum Gasteiger partial charge on any atom is -0.397 e. The lowest BCUT2D eigenvalue weighted by molar-refractivity contribution is -0.124. The number of aromatic nitrogens is 1. The molecule has 2 saturated heterocycles. The molecule has 2 unspecified atom stereocenters. The fraction of sp³-hybridized carbons (Fsp3) is 0.538. The number of carbonyl (C=O) groups is 1. The van der Waals surface area contributed by atoms with E-state index in [2.05, 4.69) is 31.1 Å². The zero-order valence-corrected chi connectivity index (χ0v) is 12.2. The molecule has 0 aromatic carbocycles. The monoisotopic (exact) mass is 324 g/mol. The van der Waals surface area contributed by atoms with E-state index < -0.39 is 0 Å². The number of nitrogens with one attached hydrogen (secondary N) is 1. The van der Waals surface area contributed by atoms with E-state index in [0.717, 1.165) is 36.2 Å². The molecule has 1 amide bonds. The van der Waals surface area contributed by atoms with Crippen LogP contribution in [0.3, 0.4) is 0 Å². The molecule has 1 aromatic heterocycles. The molecule has 3 rings (SSSR count). The summed E-state index contributed by atoms with van der Waals surface area (Å²) >= 11 is 3.53. The summed E-state index contributed by atoms with van der Waals surface area (Å²) in [5, 5.41) is 3.10. The van der Waals surface area contributed by atoms with Crippen molar-refractivity contribution in [2.24, 2.45) is 5.92 Å². The van der Waals surface area contributed by atoms with E-state index in [0.29, 0.717) is 24.1 Å².